The normalized spacial score (nSPS) is 17.3. The molecular formula is C15H22N4O3. The fourth-order valence-electron chi connectivity index (χ4n) is 2.82. The average Bonchev–Trinajstić information content (AvgIpc) is 3.24. The Morgan fingerprint density at radius 1 is 1.23 bits per heavy atom. The molecule has 0 spiro atoms. The molecule has 1 saturated heterocycles. The Labute approximate surface area is 128 Å². The van der Waals surface area contributed by atoms with Crippen molar-refractivity contribution in [2.45, 2.75) is 44.8 Å². The van der Waals surface area contributed by atoms with Gasteiger partial charge in [-0.05, 0) is 12.8 Å². The van der Waals surface area contributed by atoms with Gasteiger partial charge in [0.05, 0.1) is 19.0 Å². The number of imidazole rings is 1. The lowest BCUT2D eigenvalue weighted by molar-refractivity contribution is 0.387. The van der Waals surface area contributed by atoms with Crippen molar-refractivity contribution in [2.75, 3.05) is 6.61 Å². The maximum absolute atomic E-state index is 12.5. The number of unbranched alkanes of at least 4 members (excludes halogenated alkanes) is 3. The Kier molecular flexibility index (Phi) is 4.15. The van der Waals surface area contributed by atoms with Crippen LogP contribution in [0.1, 0.15) is 32.1 Å². The standard InChI is InChI=1S/C15H22N4O3/c1-17-10-16-13-12(17)14(20)19(15(21)18(13)2)8-6-4-3-5-7-11-9-22-11/h10-11H,3-9H2,1-2H3. The first-order chi connectivity index (χ1) is 10.6. The van der Waals surface area contributed by atoms with Gasteiger partial charge in [-0.3, -0.25) is 13.9 Å². The van der Waals surface area contributed by atoms with E-state index in [1.54, 1.807) is 25.0 Å². The molecule has 1 aliphatic heterocycles. The van der Waals surface area contributed by atoms with Gasteiger partial charge in [-0.1, -0.05) is 19.3 Å². The van der Waals surface area contributed by atoms with Crippen molar-refractivity contribution in [3.8, 4) is 0 Å². The van der Waals surface area contributed by atoms with E-state index in [4.69, 9.17) is 4.74 Å². The summed E-state index contributed by atoms with van der Waals surface area (Å²) in [6.07, 6.45) is 7.30. The number of hydrogen-bond donors (Lipinski definition) is 0. The van der Waals surface area contributed by atoms with E-state index < -0.39 is 0 Å². The molecule has 2 aromatic rings. The van der Waals surface area contributed by atoms with Crippen LogP contribution in [0, 0.1) is 0 Å². The first-order valence-electron chi connectivity index (χ1n) is 7.82. The average molecular weight is 306 g/mol. The molecule has 0 bridgehead atoms. The van der Waals surface area contributed by atoms with Gasteiger partial charge in [-0.25, -0.2) is 9.78 Å². The van der Waals surface area contributed by atoms with Gasteiger partial charge in [0, 0.05) is 20.6 Å². The molecule has 1 fully saturated rings. The minimum absolute atomic E-state index is 0.246. The molecule has 3 heterocycles. The van der Waals surface area contributed by atoms with Crippen LogP contribution in [-0.4, -0.2) is 31.4 Å². The summed E-state index contributed by atoms with van der Waals surface area (Å²) in [4.78, 5) is 28.9. The number of rotatable bonds is 7. The third-order valence-electron chi connectivity index (χ3n) is 4.26. The van der Waals surface area contributed by atoms with Crippen LogP contribution in [0.4, 0.5) is 0 Å². The summed E-state index contributed by atoms with van der Waals surface area (Å²) < 4.78 is 9.62. The number of ether oxygens (including phenoxy) is 1. The minimum atomic E-state index is -0.289. The first kappa shape index (κ1) is 15.0. The number of nitrogens with zero attached hydrogens (tertiary/aromatic N) is 4. The summed E-state index contributed by atoms with van der Waals surface area (Å²) >= 11 is 0. The molecule has 22 heavy (non-hydrogen) atoms. The Morgan fingerprint density at radius 2 is 1.95 bits per heavy atom. The highest BCUT2D eigenvalue weighted by Crippen LogP contribution is 2.17. The molecule has 7 nitrogen and oxygen atoms in total. The summed E-state index contributed by atoms with van der Waals surface area (Å²) in [5.41, 5.74) is 0.387. The van der Waals surface area contributed by atoms with Gasteiger partial charge in [-0.2, -0.15) is 0 Å². The second-order valence-electron chi connectivity index (χ2n) is 5.98. The van der Waals surface area contributed by atoms with Crippen LogP contribution >= 0.6 is 0 Å². The summed E-state index contributed by atoms with van der Waals surface area (Å²) in [6.45, 7) is 1.38. The van der Waals surface area contributed by atoms with E-state index in [1.807, 2.05) is 0 Å². The van der Waals surface area contributed by atoms with Crippen molar-refractivity contribution < 1.29 is 4.74 Å². The van der Waals surface area contributed by atoms with Crippen LogP contribution in [0.25, 0.3) is 11.2 Å². The summed E-state index contributed by atoms with van der Waals surface area (Å²) in [6, 6.07) is 0. The van der Waals surface area contributed by atoms with Crippen LogP contribution in [0.2, 0.25) is 0 Å². The smallest absolute Gasteiger partial charge is 0.332 e. The second kappa shape index (κ2) is 6.08. The van der Waals surface area contributed by atoms with Gasteiger partial charge in [0.15, 0.2) is 11.2 Å². The van der Waals surface area contributed by atoms with Gasteiger partial charge < -0.3 is 9.30 Å². The molecule has 2 aromatic heterocycles. The van der Waals surface area contributed by atoms with Crippen molar-refractivity contribution >= 4 is 11.2 Å². The Hall–Kier alpha value is -1.89. The Morgan fingerprint density at radius 3 is 2.68 bits per heavy atom. The highest BCUT2D eigenvalue weighted by molar-refractivity contribution is 5.69. The van der Waals surface area contributed by atoms with E-state index in [0.717, 1.165) is 38.7 Å². The zero-order chi connectivity index (χ0) is 15.7. The molecule has 0 aliphatic carbocycles. The molecule has 1 atom stereocenters. The number of aromatic nitrogens is 4. The molecule has 120 valence electrons. The third kappa shape index (κ3) is 2.85. The molecule has 0 aromatic carbocycles. The third-order valence-corrected chi connectivity index (χ3v) is 4.26. The molecule has 7 heteroatoms. The fraction of sp³-hybridized carbons (Fsp3) is 0.667. The van der Waals surface area contributed by atoms with Crippen LogP contribution < -0.4 is 11.2 Å². The summed E-state index contributed by atoms with van der Waals surface area (Å²) in [5.74, 6) is 0. The Bertz CT molecular complexity index is 782. The molecule has 0 radical (unpaired) electrons. The molecule has 1 aliphatic rings. The van der Waals surface area contributed by atoms with Gasteiger partial charge >= 0.3 is 5.69 Å². The van der Waals surface area contributed by atoms with Crippen molar-refractivity contribution in [1.82, 2.24) is 18.7 Å². The SMILES string of the molecule is Cn1cnc2c1c(=O)n(CCCCCCC1CO1)c(=O)n2C. The van der Waals surface area contributed by atoms with E-state index >= 15 is 0 Å². The number of fused-ring (bicyclic) bond motifs is 1. The highest BCUT2D eigenvalue weighted by atomic mass is 16.6. The van der Waals surface area contributed by atoms with Crippen molar-refractivity contribution in [3.05, 3.63) is 27.2 Å². The maximum atomic E-state index is 12.5. The molecule has 1 unspecified atom stereocenters. The van der Waals surface area contributed by atoms with Crippen molar-refractivity contribution in [2.24, 2.45) is 14.1 Å². The quantitative estimate of drug-likeness (QED) is 0.560. The van der Waals surface area contributed by atoms with E-state index in [9.17, 15) is 9.59 Å². The van der Waals surface area contributed by atoms with E-state index in [1.165, 1.54) is 9.13 Å². The monoisotopic (exact) mass is 306 g/mol. The van der Waals surface area contributed by atoms with Crippen LogP contribution in [0.5, 0.6) is 0 Å². The predicted octanol–water partition coefficient (Wildman–Crippen LogP) is 0.783. The number of epoxide rings is 1. The topological polar surface area (TPSA) is 74.3 Å². The second-order valence-corrected chi connectivity index (χ2v) is 5.98. The Balaban J connectivity index is 1.68. The molecule has 0 N–H and O–H groups in total. The van der Waals surface area contributed by atoms with Crippen LogP contribution in [0.3, 0.4) is 0 Å². The zero-order valence-corrected chi connectivity index (χ0v) is 13.1. The molecule has 0 saturated carbocycles. The maximum Gasteiger partial charge on any atom is 0.332 e. The van der Waals surface area contributed by atoms with Crippen LogP contribution in [-0.2, 0) is 25.4 Å². The van der Waals surface area contributed by atoms with Gasteiger partial charge in [0.25, 0.3) is 5.56 Å². The molecular weight excluding hydrogens is 284 g/mol. The fourth-order valence-corrected chi connectivity index (χ4v) is 2.82. The number of aryl methyl sites for hydroxylation is 2. The predicted molar refractivity (Wildman–Crippen MR) is 83.0 cm³/mol. The summed E-state index contributed by atoms with van der Waals surface area (Å²) in [7, 11) is 3.43. The first-order valence-corrected chi connectivity index (χ1v) is 7.82. The van der Waals surface area contributed by atoms with Crippen LogP contribution in [0.15, 0.2) is 15.9 Å². The highest BCUT2D eigenvalue weighted by Gasteiger charge is 2.21. The largest absolute Gasteiger partial charge is 0.373 e. The summed E-state index contributed by atoms with van der Waals surface area (Å²) in [5, 5.41) is 0. The van der Waals surface area contributed by atoms with Gasteiger partial charge in [0.1, 0.15) is 0 Å². The van der Waals surface area contributed by atoms with Crippen molar-refractivity contribution in [3.63, 3.8) is 0 Å². The van der Waals surface area contributed by atoms with E-state index in [0.29, 0.717) is 23.8 Å². The lowest BCUT2D eigenvalue weighted by atomic mass is 10.1. The lowest BCUT2D eigenvalue weighted by Gasteiger charge is -2.08. The number of hydrogen-bond acceptors (Lipinski definition) is 4. The lowest BCUT2D eigenvalue weighted by Crippen LogP contribution is -2.39. The zero-order valence-electron chi connectivity index (χ0n) is 13.1. The van der Waals surface area contributed by atoms with Gasteiger partial charge in [-0.15, -0.1) is 0 Å². The minimum Gasteiger partial charge on any atom is -0.373 e. The van der Waals surface area contributed by atoms with Crippen molar-refractivity contribution in [1.29, 1.82) is 0 Å². The molecule has 0 amide bonds. The molecule has 3 rings (SSSR count). The van der Waals surface area contributed by atoms with Gasteiger partial charge in [0.2, 0.25) is 0 Å². The van der Waals surface area contributed by atoms with E-state index in [2.05, 4.69) is 4.98 Å². The van der Waals surface area contributed by atoms with E-state index in [-0.39, 0.29) is 11.2 Å².